The van der Waals surface area contributed by atoms with E-state index < -0.39 is 0 Å². The van der Waals surface area contributed by atoms with Crippen LogP contribution in [0.3, 0.4) is 0 Å². The van der Waals surface area contributed by atoms with Crippen molar-refractivity contribution in [2.45, 2.75) is 12.5 Å². The van der Waals surface area contributed by atoms with Crippen LogP contribution in [0.2, 0.25) is 0 Å². The summed E-state index contributed by atoms with van der Waals surface area (Å²) in [5.41, 5.74) is 5.56. The lowest BCUT2D eigenvalue weighted by Crippen LogP contribution is -2.63. The lowest BCUT2D eigenvalue weighted by atomic mass is 10.1. The van der Waals surface area contributed by atoms with Crippen LogP contribution in [0.4, 0.5) is 5.82 Å². The van der Waals surface area contributed by atoms with Gasteiger partial charge in [0.2, 0.25) is 0 Å². The van der Waals surface area contributed by atoms with Crippen LogP contribution in [0.1, 0.15) is 6.42 Å². The molecule has 5 nitrogen and oxygen atoms in total. The molecule has 0 bridgehead atoms. The number of anilines is 1. The van der Waals surface area contributed by atoms with Gasteiger partial charge in [-0.2, -0.15) is 0 Å². The highest BCUT2D eigenvalue weighted by Gasteiger charge is 2.32. The Bertz CT molecular complexity index is 396. The minimum absolute atomic E-state index is 0.763. The van der Waals surface area contributed by atoms with Gasteiger partial charge in [-0.1, -0.05) is 6.07 Å². The number of likely N-dealkylation sites (tertiary alicyclic amines) is 1. The lowest BCUT2D eigenvalue weighted by Gasteiger charge is -2.48. The van der Waals surface area contributed by atoms with E-state index >= 15 is 0 Å². The van der Waals surface area contributed by atoms with Gasteiger partial charge < -0.3 is 15.5 Å². The van der Waals surface area contributed by atoms with Crippen molar-refractivity contribution in [3.63, 3.8) is 0 Å². The summed E-state index contributed by atoms with van der Waals surface area (Å²) in [6.07, 6.45) is 3.00. The Balaban J connectivity index is 1.41. The number of hydrogen-bond acceptors (Lipinski definition) is 5. The molecule has 5 heteroatoms. The molecule has 2 aliphatic rings. The zero-order valence-corrected chi connectivity index (χ0v) is 12.1. The first kappa shape index (κ1) is 13.8. The monoisotopic (exact) mass is 275 g/mol. The third-order valence-electron chi connectivity index (χ3n) is 4.42. The summed E-state index contributed by atoms with van der Waals surface area (Å²) >= 11 is 0. The maximum Gasteiger partial charge on any atom is 0.128 e. The van der Waals surface area contributed by atoms with Crippen LogP contribution in [0.15, 0.2) is 24.4 Å². The van der Waals surface area contributed by atoms with Crippen LogP contribution >= 0.6 is 0 Å². The first-order valence-corrected chi connectivity index (χ1v) is 7.69. The minimum Gasteiger partial charge on any atom is -0.354 e. The van der Waals surface area contributed by atoms with Crippen molar-refractivity contribution in [3.05, 3.63) is 24.4 Å². The molecule has 0 radical (unpaired) electrons. The molecule has 110 valence electrons. The van der Waals surface area contributed by atoms with Crippen molar-refractivity contribution in [1.29, 1.82) is 0 Å². The van der Waals surface area contributed by atoms with Crippen molar-refractivity contribution in [2.24, 2.45) is 5.73 Å². The summed E-state index contributed by atoms with van der Waals surface area (Å²) in [7, 11) is 0. The molecule has 2 N–H and O–H groups in total. The van der Waals surface area contributed by atoms with E-state index in [-0.39, 0.29) is 0 Å². The predicted octanol–water partition coefficient (Wildman–Crippen LogP) is 0.237. The Labute approximate surface area is 121 Å². The van der Waals surface area contributed by atoms with Crippen molar-refractivity contribution in [1.82, 2.24) is 14.8 Å². The molecule has 1 aromatic heterocycles. The molecule has 0 atom stereocenters. The van der Waals surface area contributed by atoms with E-state index in [1.807, 2.05) is 12.3 Å². The zero-order valence-electron chi connectivity index (χ0n) is 12.1. The molecule has 20 heavy (non-hydrogen) atoms. The molecule has 0 unspecified atom stereocenters. The molecule has 1 aromatic rings. The molecule has 3 heterocycles. The Morgan fingerprint density at radius 1 is 1.15 bits per heavy atom. The number of rotatable bonds is 5. The highest BCUT2D eigenvalue weighted by Crippen LogP contribution is 2.19. The SMILES string of the molecule is NCCCN1CC(N2CCN(c3ccccn3)CC2)C1. The second-order valence-corrected chi connectivity index (χ2v) is 5.77. The van der Waals surface area contributed by atoms with E-state index in [1.54, 1.807) is 0 Å². The molecule has 2 aliphatic heterocycles. The number of pyridine rings is 1. The summed E-state index contributed by atoms with van der Waals surface area (Å²) in [5, 5.41) is 0. The number of nitrogens with two attached hydrogens (primary N) is 1. The van der Waals surface area contributed by atoms with Gasteiger partial charge in [0.25, 0.3) is 0 Å². The summed E-state index contributed by atoms with van der Waals surface area (Å²) in [5.74, 6) is 1.12. The molecular weight excluding hydrogens is 250 g/mol. The summed E-state index contributed by atoms with van der Waals surface area (Å²) in [4.78, 5) is 12.0. The van der Waals surface area contributed by atoms with Gasteiger partial charge in [0.15, 0.2) is 0 Å². The van der Waals surface area contributed by atoms with Crippen LogP contribution in [0.5, 0.6) is 0 Å². The third-order valence-corrected chi connectivity index (χ3v) is 4.42. The molecule has 2 saturated heterocycles. The molecule has 3 rings (SSSR count). The van der Waals surface area contributed by atoms with Crippen LogP contribution in [-0.2, 0) is 0 Å². The van der Waals surface area contributed by atoms with Gasteiger partial charge in [-0.3, -0.25) is 4.90 Å². The quantitative estimate of drug-likeness (QED) is 0.834. The summed E-state index contributed by atoms with van der Waals surface area (Å²) in [6.45, 7) is 8.93. The summed E-state index contributed by atoms with van der Waals surface area (Å²) in [6, 6.07) is 6.91. The number of hydrogen-bond donors (Lipinski definition) is 1. The molecule has 2 fully saturated rings. The Morgan fingerprint density at radius 2 is 1.95 bits per heavy atom. The predicted molar refractivity (Wildman–Crippen MR) is 81.9 cm³/mol. The Kier molecular flexibility index (Phi) is 4.50. The van der Waals surface area contributed by atoms with Gasteiger partial charge in [-0.15, -0.1) is 0 Å². The van der Waals surface area contributed by atoms with Gasteiger partial charge in [0.05, 0.1) is 0 Å². The lowest BCUT2D eigenvalue weighted by molar-refractivity contribution is 0.0306. The van der Waals surface area contributed by atoms with Crippen LogP contribution in [-0.4, -0.2) is 73.2 Å². The van der Waals surface area contributed by atoms with Gasteiger partial charge in [0, 0.05) is 51.5 Å². The fourth-order valence-electron chi connectivity index (χ4n) is 3.13. The normalized spacial score (nSPS) is 21.9. The van der Waals surface area contributed by atoms with Crippen LogP contribution in [0, 0.1) is 0 Å². The van der Waals surface area contributed by atoms with E-state index in [9.17, 15) is 0 Å². The average molecular weight is 275 g/mol. The largest absolute Gasteiger partial charge is 0.354 e. The first-order valence-electron chi connectivity index (χ1n) is 7.69. The first-order chi connectivity index (χ1) is 9.86. The molecular formula is C15H25N5. The van der Waals surface area contributed by atoms with Gasteiger partial charge in [-0.05, 0) is 31.6 Å². The standard InChI is InChI=1S/C15H25N5/c16-5-3-7-18-12-14(13-18)19-8-10-20(11-9-19)15-4-1-2-6-17-15/h1-2,4,6,14H,3,5,7-13,16H2. The fourth-order valence-corrected chi connectivity index (χ4v) is 3.13. The molecule has 0 amide bonds. The highest BCUT2D eigenvalue weighted by atomic mass is 15.4. The molecule has 0 saturated carbocycles. The van der Waals surface area contributed by atoms with Gasteiger partial charge >= 0.3 is 0 Å². The van der Waals surface area contributed by atoms with Crippen LogP contribution < -0.4 is 10.6 Å². The van der Waals surface area contributed by atoms with Gasteiger partial charge in [-0.25, -0.2) is 4.98 Å². The van der Waals surface area contributed by atoms with E-state index in [0.29, 0.717) is 0 Å². The fraction of sp³-hybridized carbons (Fsp3) is 0.667. The van der Waals surface area contributed by atoms with Crippen molar-refractivity contribution in [2.75, 3.05) is 57.3 Å². The smallest absolute Gasteiger partial charge is 0.128 e. The topological polar surface area (TPSA) is 48.6 Å². The van der Waals surface area contributed by atoms with E-state index in [4.69, 9.17) is 5.73 Å². The molecule has 0 aromatic carbocycles. The number of piperazine rings is 1. The van der Waals surface area contributed by atoms with Crippen LogP contribution in [0.25, 0.3) is 0 Å². The molecule has 0 aliphatic carbocycles. The second-order valence-electron chi connectivity index (χ2n) is 5.77. The number of nitrogens with zero attached hydrogens (tertiary/aromatic N) is 4. The van der Waals surface area contributed by atoms with Crippen molar-refractivity contribution in [3.8, 4) is 0 Å². The minimum atomic E-state index is 0.763. The highest BCUT2D eigenvalue weighted by molar-refractivity contribution is 5.38. The Hall–Kier alpha value is -1.17. The average Bonchev–Trinajstić information content (AvgIpc) is 2.47. The van der Waals surface area contributed by atoms with Crippen molar-refractivity contribution < 1.29 is 0 Å². The maximum atomic E-state index is 5.56. The van der Waals surface area contributed by atoms with Crippen molar-refractivity contribution >= 4 is 5.82 Å². The molecule has 0 spiro atoms. The Morgan fingerprint density at radius 3 is 2.60 bits per heavy atom. The van der Waals surface area contributed by atoms with Gasteiger partial charge in [0.1, 0.15) is 5.82 Å². The maximum absolute atomic E-state index is 5.56. The third kappa shape index (κ3) is 3.11. The number of aromatic nitrogens is 1. The summed E-state index contributed by atoms with van der Waals surface area (Å²) < 4.78 is 0. The van der Waals surface area contributed by atoms with E-state index in [0.717, 1.165) is 51.0 Å². The van der Waals surface area contributed by atoms with E-state index in [2.05, 4.69) is 31.8 Å². The zero-order chi connectivity index (χ0) is 13.8. The second kappa shape index (κ2) is 6.52. The van der Waals surface area contributed by atoms with E-state index in [1.165, 1.54) is 19.6 Å².